The fourth-order valence-electron chi connectivity index (χ4n) is 5.05. The van der Waals surface area contributed by atoms with Crippen LogP contribution in [0.1, 0.15) is 51.9 Å². The molecular formula is C19H31N3O2. The van der Waals surface area contributed by atoms with Crippen LogP contribution in [0, 0.1) is 17.8 Å². The first kappa shape index (κ1) is 16.4. The van der Waals surface area contributed by atoms with Crippen molar-refractivity contribution in [3.63, 3.8) is 0 Å². The Morgan fingerprint density at radius 3 is 2.38 bits per heavy atom. The summed E-state index contributed by atoms with van der Waals surface area (Å²) >= 11 is 0. The maximum Gasteiger partial charge on any atom is 0.237 e. The molecule has 0 aromatic carbocycles. The molecule has 24 heavy (non-hydrogen) atoms. The highest BCUT2D eigenvalue weighted by molar-refractivity contribution is 5.82. The molecule has 0 aromatic heterocycles. The fourth-order valence-corrected chi connectivity index (χ4v) is 5.05. The van der Waals surface area contributed by atoms with Gasteiger partial charge in [-0.3, -0.25) is 14.5 Å². The first-order chi connectivity index (χ1) is 11.6. The summed E-state index contributed by atoms with van der Waals surface area (Å²) in [6.45, 7) is 5.19. The number of fused-ring (bicyclic) bond motifs is 2. The number of hydrogen-bond donors (Lipinski definition) is 1. The molecule has 5 heteroatoms. The highest BCUT2D eigenvalue weighted by Crippen LogP contribution is 2.49. The van der Waals surface area contributed by atoms with Gasteiger partial charge in [-0.2, -0.15) is 0 Å². The minimum Gasteiger partial charge on any atom is -0.352 e. The van der Waals surface area contributed by atoms with E-state index in [1.165, 1.54) is 25.7 Å². The average Bonchev–Trinajstić information content (AvgIpc) is 3.16. The lowest BCUT2D eigenvalue weighted by molar-refractivity contribution is -0.135. The minimum atomic E-state index is -0.0755. The van der Waals surface area contributed by atoms with E-state index in [0.29, 0.717) is 17.9 Å². The zero-order valence-corrected chi connectivity index (χ0v) is 14.9. The number of rotatable bonds is 5. The quantitative estimate of drug-likeness (QED) is 0.832. The highest BCUT2D eigenvalue weighted by atomic mass is 16.2. The van der Waals surface area contributed by atoms with Gasteiger partial charge in [0.25, 0.3) is 0 Å². The molecule has 4 rings (SSSR count). The second-order valence-electron chi connectivity index (χ2n) is 8.51. The largest absolute Gasteiger partial charge is 0.352 e. The van der Waals surface area contributed by atoms with E-state index >= 15 is 0 Å². The summed E-state index contributed by atoms with van der Waals surface area (Å²) in [5, 5.41) is 3.09. The van der Waals surface area contributed by atoms with Crippen LogP contribution < -0.4 is 5.32 Å². The van der Waals surface area contributed by atoms with Gasteiger partial charge in [-0.25, -0.2) is 0 Å². The van der Waals surface area contributed by atoms with Gasteiger partial charge in [-0.05, 0) is 56.8 Å². The first-order valence-corrected chi connectivity index (χ1v) is 9.92. The van der Waals surface area contributed by atoms with Gasteiger partial charge in [0.05, 0.1) is 6.04 Å². The maximum absolute atomic E-state index is 12.6. The van der Waals surface area contributed by atoms with Crippen LogP contribution in [-0.2, 0) is 9.59 Å². The molecule has 3 saturated carbocycles. The summed E-state index contributed by atoms with van der Waals surface area (Å²) in [5.74, 6) is 2.89. The van der Waals surface area contributed by atoms with E-state index in [4.69, 9.17) is 0 Å². The first-order valence-electron chi connectivity index (χ1n) is 9.92. The minimum absolute atomic E-state index is 0.0755. The van der Waals surface area contributed by atoms with Crippen molar-refractivity contribution in [1.82, 2.24) is 15.1 Å². The van der Waals surface area contributed by atoms with Gasteiger partial charge in [-0.1, -0.05) is 6.42 Å². The highest BCUT2D eigenvalue weighted by Gasteiger charge is 2.41. The lowest BCUT2D eigenvalue weighted by atomic mass is 9.86. The Morgan fingerprint density at radius 1 is 1.04 bits per heavy atom. The van der Waals surface area contributed by atoms with Crippen LogP contribution in [-0.4, -0.2) is 59.9 Å². The molecule has 1 aliphatic heterocycles. The van der Waals surface area contributed by atoms with E-state index in [0.717, 1.165) is 57.3 Å². The van der Waals surface area contributed by atoms with Gasteiger partial charge < -0.3 is 10.2 Å². The second-order valence-corrected chi connectivity index (χ2v) is 8.51. The Balaban J connectivity index is 1.22. The number of nitrogens with one attached hydrogen (secondary N) is 1. The number of nitrogens with zero attached hydrogens (tertiary/aromatic N) is 2. The zero-order chi connectivity index (χ0) is 16.7. The number of piperazine rings is 1. The molecule has 4 atom stereocenters. The SMILES string of the molecule is C[C@@H](C(=O)NC1CC1)N1CCN(C(=O)C[C@H]2C[C@@H]3CC[C@@H]2C3)CC1. The molecule has 0 aromatic rings. The molecule has 1 N–H and O–H groups in total. The van der Waals surface area contributed by atoms with Crippen molar-refractivity contribution < 1.29 is 9.59 Å². The molecule has 3 aliphatic carbocycles. The summed E-state index contributed by atoms with van der Waals surface area (Å²) in [7, 11) is 0. The number of carbonyl (C=O) groups excluding carboxylic acids is 2. The smallest absolute Gasteiger partial charge is 0.237 e. The van der Waals surface area contributed by atoms with E-state index in [9.17, 15) is 9.59 Å². The van der Waals surface area contributed by atoms with E-state index in [2.05, 4.69) is 10.2 Å². The molecule has 0 spiro atoms. The molecule has 4 aliphatic rings. The lowest BCUT2D eigenvalue weighted by Gasteiger charge is -2.38. The molecule has 1 saturated heterocycles. The van der Waals surface area contributed by atoms with E-state index in [1.807, 2.05) is 11.8 Å². The summed E-state index contributed by atoms with van der Waals surface area (Å²) in [4.78, 5) is 29.1. The van der Waals surface area contributed by atoms with Gasteiger partial charge in [0.2, 0.25) is 11.8 Å². The third-order valence-electron chi connectivity index (χ3n) is 6.84. The van der Waals surface area contributed by atoms with E-state index in [1.54, 1.807) is 0 Å². The predicted molar refractivity (Wildman–Crippen MR) is 92.3 cm³/mol. The van der Waals surface area contributed by atoms with E-state index < -0.39 is 0 Å². The van der Waals surface area contributed by atoms with Crippen LogP contribution in [0.15, 0.2) is 0 Å². The standard InChI is InChI=1S/C19H31N3O2/c1-13(19(24)20-17-4-5-17)21-6-8-22(9-7-21)18(23)12-16-11-14-2-3-15(16)10-14/h13-17H,2-12H2,1H3,(H,20,24)/t13-,14+,15+,16+/m0/s1. The molecule has 0 radical (unpaired) electrons. The molecule has 2 amide bonds. The van der Waals surface area contributed by atoms with Crippen molar-refractivity contribution >= 4 is 11.8 Å². The van der Waals surface area contributed by atoms with Crippen LogP contribution in [0.2, 0.25) is 0 Å². The Hall–Kier alpha value is -1.10. The lowest BCUT2D eigenvalue weighted by Crippen LogP contribution is -2.55. The molecule has 134 valence electrons. The fraction of sp³-hybridized carbons (Fsp3) is 0.895. The normalized spacial score (nSPS) is 34.4. The molecule has 1 heterocycles. The number of amides is 2. The molecule has 0 unspecified atom stereocenters. The summed E-state index contributed by atoms with van der Waals surface area (Å²) in [6, 6.07) is 0.345. The van der Waals surface area contributed by atoms with Gasteiger partial charge in [0.15, 0.2) is 0 Å². The van der Waals surface area contributed by atoms with Crippen molar-refractivity contribution in [3.05, 3.63) is 0 Å². The number of hydrogen-bond acceptors (Lipinski definition) is 3. The molecular weight excluding hydrogens is 302 g/mol. The summed E-state index contributed by atoms with van der Waals surface area (Å²) < 4.78 is 0. The van der Waals surface area contributed by atoms with Gasteiger partial charge in [0, 0.05) is 38.6 Å². The predicted octanol–water partition coefficient (Wildman–Crippen LogP) is 1.62. The van der Waals surface area contributed by atoms with Crippen molar-refractivity contribution in [3.8, 4) is 0 Å². The molecule has 4 fully saturated rings. The van der Waals surface area contributed by atoms with Crippen molar-refractivity contribution in [2.45, 2.75) is 64.0 Å². The third kappa shape index (κ3) is 3.46. The Labute approximate surface area is 145 Å². The monoisotopic (exact) mass is 333 g/mol. The van der Waals surface area contributed by atoms with Crippen LogP contribution in [0.25, 0.3) is 0 Å². The van der Waals surface area contributed by atoms with Gasteiger partial charge >= 0.3 is 0 Å². The van der Waals surface area contributed by atoms with E-state index in [-0.39, 0.29) is 11.9 Å². The third-order valence-corrected chi connectivity index (χ3v) is 6.84. The Bertz CT molecular complexity index is 497. The Morgan fingerprint density at radius 2 is 1.79 bits per heavy atom. The van der Waals surface area contributed by atoms with Crippen LogP contribution in [0.4, 0.5) is 0 Å². The Kier molecular flexibility index (Phi) is 4.54. The zero-order valence-electron chi connectivity index (χ0n) is 14.9. The van der Waals surface area contributed by atoms with Gasteiger partial charge in [-0.15, -0.1) is 0 Å². The van der Waals surface area contributed by atoms with Crippen molar-refractivity contribution in [2.24, 2.45) is 17.8 Å². The summed E-state index contributed by atoms with van der Waals surface area (Å²) in [6.07, 6.45) is 8.43. The maximum atomic E-state index is 12.6. The van der Waals surface area contributed by atoms with Crippen LogP contribution >= 0.6 is 0 Å². The second kappa shape index (κ2) is 6.66. The van der Waals surface area contributed by atoms with Gasteiger partial charge in [0.1, 0.15) is 0 Å². The topological polar surface area (TPSA) is 52.7 Å². The van der Waals surface area contributed by atoms with Crippen molar-refractivity contribution in [2.75, 3.05) is 26.2 Å². The van der Waals surface area contributed by atoms with Crippen LogP contribution in [0.3, 0.4) is 0 Å². The average molecular weight is 333 g/mol. The number of carbonyl (C=O) groups is 2. The molecule has 5 nitrogen and oxygen atoms in total. The van der Waals surface area contributed by atoms with Crippen LogP contribution in [0.5, 0.6) is 0 Å². The van der Waals surface area contributed by atoms with Crippen molar-refractivity contribution in [1.29, 1.82) is 0 Å². The summed E-state index contributed by atoms with van der Waals surface area (Å²) in [5.41, 5.74) is 0. The molecule has 2 bridgehead atoms.